The summed E-state index contributed by atoms with van der Waals surface area (Å²) >= 11 is 0. The SMILES string of the molecule is COc1ccc2c(c1)CCC[C@@H]2NC(=O)/C(=C/c1ccco1)NC(=O)c1ccccc1C. The monoisotopic (exact) mass is 430 g/mol. The van der Waals surface area contributed by atoms with Crippen molar-refractivity contribution in [3.63, 3.8) is 0 Å². The zero-order valence-corrected chi connectivity index (χ0v) is 18.2. The Kier molecular flexibility index (Phi) is 6.40. The van der Waals surface area contributed by atoms with E-state index in [-0.39, 0.29) is 23.6 Å². The molecule has 2 N–H and O–H groups in total. The molecule has 0 bridgehead atoms. The number of rotatable bonds is 6. The lowest BCUT2D eigenvalue weighted by Crippen LogP contribution is -2.38. The maximum atomic E-state index is 13.3. The largest absolute Gasteiger partial charge is 0.497 e. The van der Waals surface area contributed by atoms with Gasteiger partial charge in [-0.2, -0.15) is 0 Å². The number of carbonyl (C=O) groups is 2. The first-order valence-corrected chi connectivity index (χ1v) is 10.6. The van der Waals surface area contributed by atoms with Gasteiger partial charge in [-0.3, -0.25) is 9.59 Å². The van der Waals surface area contributed by atoms with Crippen molar-refractivity contribution in [2.24, 2.45) is 0 Å². The van der Waals surface area contributed by atoms with Crippen molar-refractivity contribution in [3.05, 3.63) is 94.6 Å². The molecule has 1 heterocycles. The highest BCUT2D eigenvalue weighted by molar-refractivity contribution is 6.05. The highest BCUT2D eigenvalue weighted by Gasteiger charge is 2.25. The molecule has 32 heavy (non-hydrogen) atoms. The average molecular weight is 431 g/mol. The Labute approximate surface area is 187 Å². The summed E-state index contributed by atoms with van der Waals surface area (Å²) in [6.07, 6.45) is 5.79. The lowest BCUT2D eigenvalue weighted by molar-refractivity contribution is -0.118. The Hall–Kier alpha value is -3.80. The van der Waals surface area contributed by atoms with E-state index >= 15 is 0 Å². The van der Waals surface area contributed by atoms with Crippen LogP contribution in [-0.2, 0) is 11.2 Å². The third-order valence-electron chi connectivity index (χ3n) is 5.68. The molecular weight excluding hydrogens is 404 g/mol. The summed E-state index contributed by atoms with van der Waals surface area (Å²) in [4.78, 5) is 26.2. The van der Waals surface area contributed by atoms with Crippen LogP contribution in [0.15, 0.2) is 71.0 Å². The Bertz CT molecular complexity index is 1150. The van der Waals surface area contributed by atoms with Crippen molar-refractivity contribution in [2.75, 3.05) is 7.11 Å². The summed E-state index contributed by atoms with van der Waals surface area (Å²) in [6.45, 7) is 1.86. The molecule has 1 aromatic heterocycles. The maximum absolute atomic E-state index is 13.3. The molecular formula is C26H26N2O4. The van der Waals surface area contributed by atoms with Crippen molar-refractivity contribution in [1.29, 1.82) is 0 Å². The van der Waals surface area contributed by atoms with Crippen LogP contribution >= 0.6 is 0 Å². The van der Waals surface area contributed by atoms with E-state index in [0.29, 0.717) is 11.3 Å². The average Bonchev–Trinajstić information content (AvgIpc) is 3.32. The summed E-state index contributed by atoms with van der Waals surface area (Å²) in [5.41, 5.74) is 3.72. The molecule has 164 valence electrons. The summed E-state index contributed by atoms with van der Waals surface area (Å²) in [7, 11) is 1.65. The van der Waals surface area contributed by atoms with Crippen LogP contribution in [0.1, 0.15) is 51.7 Å². The van der Waals surface area contributed by atoms with E-state index in [9.17, 15) is 9.59 Å². The van der Waals surface area contributed by atoms with Gasteiger partial charge < -0.3 is 19.8 Å². The Morgan fingerprint density at radius 2 is 1.97 bits per heavy atom. The van der Waals surface area contributed by atoms with Crippen LogP contribution in [0.5, 0.6) is 5.75 Å². The third kappa shape index (κ3) is 4.75. The number of nitrogens with one attached hydrogen (secondary N) is 2. The van der Waals surface area contributed by atoms with Crippen LogP contribution in [0.3, 0.4) is 0 Å². The molecule has 0 aliphatic heterocycles. The van der Waals surface area contributed by atoms with Crippen LogP contribution in [-0.4, -0.2) is 18.9 Å². The second kappa shape index (κ2) is 9.56. The number of ether oxygens (including phenoxy) is 1. The molecule has 2 aromatic carbocycles. The number of aryl methyl sites for hydroxylation is 2. The number of furan rings is 1. The minimum absolute atomic E-state index is 0.133. The second-order valence-electron chi connectivity index (χ2n) is 7.83. The molecule has 3 aromatic rings. The fourth-order valence-corrected chi connectivity index (χ4v) is 3.99. The summed E-state index contributed by atoms with van der Waals surface area (Å²) in [5, 5.41) is 5.87. The van der Waals surface area contributed by atoms with E-state index in [2.05, 4.69) is 10.6 Å². The molecule has 1 aliphatic carbocycles. The predicted octanol–water partition coefficient (Wildman–Crippen LogP) is 4.56. The molecule has 0 unspecified atom stereocenters. The highest BCUT2D eigenvalue weighted by Crippen LogP contribution is 2.32. The van der Waals surface area contributed by atoms with Crippen molar-refractivity contribution < 1.29 is 18.7 Å². The first-order valence-electron chi connectivity index (χ1n) is 10.6. The molecule has 2 amide bonds. The molecule has 1 atom stereocenters. The number of hydrogen-bond donors (Lipinski definition) is 2. The van der Waals surface area contributed by atoms with Crippen LogP contribution in [0.25, 0.3) is 6.08 Å². The quantitative estimate of drug-likeness (QED) is 0.562. The van der Waals surface area contributed by atoms with Crippen LogP contribution in [0.2, 0.25) is 0 Å². The van der Waals surface area contributed by atoms with Gasteiger partial charge in [0.15, 0.2) is 0 Å². The van der Waals surface area contributed by atoms with Gasteiger partial charge in [0.1, 0.15) is 17.2 Å². The van der Waals surface area contributed by atoms with Crippen LogP contribution < -0.4 is 15.4 Å². The van der Waals surface area contributed by atoms with Gasteiger partial charge in [-0.15, -0.1) is 0 Å². The zero-order chi connectivity index (χ0) is 22.5. The van der Waals surface area contributed by atoms with Crippen LogP contribution in [0, 0.1) is 6.92 Å². The number of methoxy groups -OCH3 is 1. The van der Waals surface area contributed by atoms with Gasteiger partial charge in [-0.25, -0.2) is 0 Å². The van der Waals surface area contributed by atoms with Gasteiger partial charge in [0.05, 0.1) is 19.4 Å². The van der Waals surface area contributed by atoms with E-state index < -0.39 is 0 Å². The number of benzene rings is 2. The minimum atomic E-state index is -0.364. The minimum Gasteiger partial charge on any atom is -0.497 e. The van der Waals surface area contributed by atoms with Crippen molar-refractivity contribution in [3.8, 4) is 5.75 Å². The zero-order valence-electron chi connectivity index (χ0n) is 18.2. The van der Waals surface area contributed by atoms with Crippen LogP contribution in [0.4, 0.5) is 0 Å². The highest BCUT2D eigenvalue weighted by atomic mass is 16.5. The molecule has 1 aliphatic rings. The molecule has 0 spiro atoms. The van der Waals surface area contributed by atoms with Gasteiger partial charge in [0.2, 0.25) is 0 Å². The fourth-order valence-electron chi connectivity index (χ4n) is 3.99. The van der Waals surface area contributed by atoms with Gasteiger partial charge in [-0.05, 0) is 73.2 Å². The number of fused-ring (bicyclic) bond motifs is 1. The summed E-state index contributed by atoms with van der Waals surface area (Å²) in [5.74, 6) is 0.579. The molecule has 6 heteroatoms. The van der Waals surface area contributed by atoms with Gasteiger partial charge >= 0.3 is 0 Å². The molecule has 4 rings (SSSR count). The predicted molar refractivity (Wildman–Crippen MR) is 122 cm³/mol. The topological polar surface area (TPSA) is 80.6 Å². The van der Waals surface area contributed by atoms with Gasteiger partial charge in [0.25, 0.3) is 11.8 Å². The number of hydrogen-bond acceptors (Lipinski definition) is 4. The smallest absolute Gasteiger partial charge is 0.268 e. The molecule has 0 fully saturated rings. The standard InChI is InChI=1S/C26H26N2O4/c1-17-7-3-4-10-21(17)25(29)28-24(16-20-9-6-14-32-20)26(30)27-23-11-5-8-18-15-19(31-2)12-13-22(18)23/h3-4,6-7,9-10,12-16,23H,5,8,11H2,1-2H3,(H,27,30)(H,28,29)/b24-16-/t23-/m0/s1. The lowest BCUT2D eigenvalue weighted by Gasteiger charge is -2.27. The molecule has 0 saturated heterocycles. The number of amides is 2. The second-order valence-corrected chi connectivity index (χ2v) is 7.83. The Morgan fingerprint density at radius 3 is 2.72 bits per heavy atom. The van der Waals surface area contributed by atoms with E-state index in [4.69, 9.17) is 9.15 Å². The fraction of sp³-hybridized carbons (Fsp3) is 0.231. The molecule has 0 saturated carbocycles. The van der Waals surface area contributed by atoms with Gasteiger partial charge in [0, 0.05) is 11.6 Å². The third-order valence-corrected chi connectivity index (χ3v) is 5.68. The maximum Gasteiger partial charge on any atom is 0.268 e. The Morgan fingerprint density at radius 1 is 1.12 bits per heavy atom. The lowest BCUT2D eigenvalue weighted by atomic mass is 9.87. The van der Waals surface area contributed by atoms with Crippen molar-refractivity contribution in [2.45, 2.75) is 32.2 Å². The summed E-state index contributed by atoms with van der Waals surface area (Å²) < 4.78 is 10.7. The van der Waals surface area contributed by atoms with E-state index in [1.807, 2.05) is 37.3 Å². The number of carbonyl (C=O) groups excluding carboxylic acids is 2. The first-order chi connectivity index (χ1) is 15.5. The van der Waals surface area contributed by atoms with Crippen molar-refractivity contribution >= 4 is 17.9 Å². The van der Waals surface area contributed by atoms with E-state index in [1.54, 1.807) is 37.5 Å². The normalized spacial score (nSPS) is 15.6. The van der Waals surface area contributed by atoms with Gasteiger partial charge in [-0.1, -0.05) is 24.3 Å². The van der Waals surface area contributed by atoms with Crippen molar-refractivity contribution in [1.82, 2.24) is 10.6 Å². The Balaban J connectivity index is 1.58. The first kappa shape index (κ1) is 21.4. The van der Waals surface area contributed by atoms with E-state index in [0.717, 1.165) is 36.1 Å². The summed E-state index contributed by atoms with van der Waals surface area (Å²) in [6, 6.07) is 16.5. The van der Waals surface area contributed by atoms with E-state index in [1.165, 1.54) is 11.8 Å². The molecule has 6 nitrogen and oxygen atoms in total. The molecule has 0 radical (unpaired) electrons.